The molecule has 0 aromatic heterocycles. The zero-order valence-corrected chi connectivity index (χ0v) is 15.5. The molecule has 0 radical (unpaired) electrons. The van der Waals surface area contributed by atoms with E-state index in [-0.39, 0.29) is 18.8 Å². The number of nitrogens with two attached hydrogens (primary N) is 1. The monoisotopic (exact) mass is 377 g/mol. The predicted octanol–water partition coefficient (Wildman–Crippen LogP) is -0.358. The summed E-state index contributed by atoms with van der Waals surface area (Å²) in [6, 6.07) is -3.32. The minimum absolute atomic E-state index is 0.0428. The first kappa shape index (κ1) is 23.2. The number of aliphatic carboxylic acids is 2. The Morgan fingerprint density at radius 3 is 2.04 bits per heavy atom. The lowest BCUT2D eigenvalue weighted by molar-refractivity contribution is -0.143. The molecular formula is C15H27N3O6S. The van der Waals surface area contributed by atoms with Gasteiger partial charge >= 0.3 is 11.9 Å². The summed E-state index contributed by atoms with van der Waals surface area (Å²) < 4.78 is 0. The van der Waals surface area contributed by atoms with E-state index in [2.05, 4.69) is 10.6 Å². The summed E-state index contributed by atoms with van der Waals surface area (Å²) in [4.78, 5) is 46.2. The molecule has 9 nitrogen and oxygen atoms in total. The van der Waals surface area contributed by atoms with Crippen molar-refractivity contribution in [2.45, 2.75) is 51.2 Å². The molecule has 0 saturated carbocycles. The van der Waals surface area contributed by atoms with E-state index in [9.17, 15) is 24.3 Å². The molecule has 0 unspecified atom stereocenters. The molecule has 0 spiro atoms. The zero-order chi connectivity index (χ0) is 19.6. The molecular weight excluding hydrogens is 350 g/mol. The Balaban J connectivity index is 4.98. The molecule has 6 N–H and O–H groups in total. The van der Waals surface area contributed by atoms with E-state index < -0.39 is 48.3 Å². The van der Waals surface area contributed by atoms with E-state index in [0.29, 0.717) is 5.75 Å². The fourth-order valence-electron chi connectivity index (χ4n) is 2.03. The minimum atomic E-state index is -1.29. The van der Waals surface area contributed by atoms with Crippen LogP contribution in [0.15, 0.2) is 0 Å². The second kappa shape index (κ2) is 11.7. The van der Waals surface area contributed by atoms with Crippen molar-refractivity contribution in [1.29, 1.82) is 0 Å². The highest BCUT2D eigenvalue weighted by atomic mass is 32.2. The number of carboxylic acid groups (broad SMARTS) is 2. The Morgan fingerprint density at radius 1 is 1.04 bits per heavy atom. The zero-order valence-electron chi connectivity index (χ0n) is 14.7. The van der Waals surface area contributed by atoms with Crippen molar-refractivity contribution in [3.8, 4) is 0 Å². The van der Waals surface area contributed by atoms with Crippen LogP contribution in [-0.2, 0) is 19.2 Å². The smallest absolute Gasteiger partial charge is 0.326 e. The van der Waals surface area contributed by atoms with E-state index in [0.717, 1.165) is 0 Å². The lowest BCUT2D eigenvalue weighted by Crippen LogP contribution is -2.55. The Bertz CT molecular complexity index is 486. The summed E-state index contributed by atoms with van der Waals surface area (Å²) in [5.41, 5.74) is 5.49. The molecule has 0 aromatic rings. The molecule has 3 atom stereocenters. The molecule has 144 valence electrons. The van der Waals surface area contributed by atoms with Crippen LogP contribution in [0.1, 0.15) is 33.1 Å². The van der Waals surface area contributed by atoms with Crippen LogP contribution < -0.4 is 16.4 Å². The normalized spacial score (nSPS) is 14.4. The van der Waals surface area contributed by atoms with Gasteiger partial charge in [0.1, 0.15) is 12.1 Å². The molecule has 0 heterocycles. The number of thioether (sulfide) groups is 1. The van der Waals surface area contributed by atoms with E-state index in [1.165, 1.54) is 11.8 Å². The van der Waals surface area contributed by atoms with E-state index in [1.54, 1.807) is 0 Å². The number of carbonyl (C=O) groups is 4. The number of amides is 2. The van der Waals surface area contributed by atoms with Crippen molar-refractivity contribution < 1.29 is 29.4 Å². The SMILES string of the molecule is CSCC[C@H](NC(=O)[C@H](CC(C)C)NC(=O)[C@@H](N)CC(=O)O)C(=O)O. The lowest BCUT2D eigenvalue weighted by Gasteiger charge is -2.23. The van der Waals surface area contributed by atoms with Gasteiger partial charge in [0.25, 0.3) is 0 Å². The first-order valence-corrected chi connectivity index (χ1v) is 9.27. The van der Waals surface area contributed by atoms with Gasteiger partial charge in [-0.15, -0.1) is 0 Å². The number of hydrogen-bond donors (Lipinski definition) is 5. The number of carbonyl (C=O) groups excluding carboxylic acids is 2. The van der Waals surface area contributed by atoms with Crippen LogP contribution in [0.2, 0.25) is 0 Å². The largest absolute Gasteiger partial charge is 0.481 e. The highest BCUT2D eigenvalue weighted by molar-refractivity contribution is 7.98. The summed E-state index contributed by atoms with van der Waals surface area (Å²) in [7, 11) is 0. The fourth-order valence-corrected chi connectivity index (χ4v) is 2.50. The summed E-state index contributed by atoms with van der Waals surface area (Å²) in [6.45, 7) is 3.68. The third kappa shape index (κ3) is 9.92. The first-order chi connectivity index (χ1) is 11.6. The predicted molar refractivity (Wildman–Crippen MR) is 94.2 cm³/mol. The molecule has 0 bridgehead atoms. The van der Waals surface area contributed by atoms with Crippen LogP contribution in [0, 0.1) is 5.92 Å². The number of carboxylic acids is 2. The van der Waals surface area contributed by atoms with Crippen LogP contribution in [0.3, 0.4) is 0 Å². The maximum atomic E-state index is 12.4. The molecule has 0 aliphatic rings. The third-order valence-electron chi connectivity index (χ3n) is 3.30. The Kier molecular flexibility index (Phi) is 10.8. The molecule has 0 aliphatic carbocycles. The highest BCUT2D eigenvalue weighted by Gasteiger charge is 2.28. The number of hydrogen-bond acceptors (Lipinski definition) is 6. The molecule has 0 fully saturated rings. The van der Waals surface area contributed by atoms with Crippen molar-refractivity contribution in [3.63, 3.8) is 0 Å². The maximum Gasteiger partial charge on any atom is 0.326 e. The molecule has 10 heteroatoms. The summed E-state index contributed by atoms with van der Waals surface area (Å²) in [6.07, 6.45) is 1.79. The highest BCUT2D eigenvalue weighted by Crippen LogP contribution is 2.08. The van der Waals surface area contributed by atoms with Gasteiger partial charge in [-0.1, -0.05) is 13.8 Å². The standard InChI is InChI=1S/C15H27N3O6S/c1-8(2)6-11(18-13(21)9(16)7-12(19)20)14(22)17-10(15(23)24)4-5-25-3/h8-11H,4-7,16H2,1-3H3,(H,17,22)(H,18,21)(H,19,20)(H,23,24)/t9-,10-,11-/m0/s1. The fraction of sp³-hybridized carbons (Fsp3) is 0.733. The van der Waals surface area contributed by atoms with Crippen LogP contribution in [-0.4, -0.2) is 64.1 Å². The second-order valence-electron chi connectivity index (χ2n) is 6.08. The third-order valence-corrected chi connectivity index (χ3v) is 3.94. The first-order valence-electron chi connectivity index (χ1n) is 7.88. The minimum Gasteiger partial charge on any atom is -0.481 e. The van der Waals surface area contributed by atoms with Gasteiger partial charge in [0, 0.05) is 0 Å². The van der Waals surface area contributed by atoms with Crippen molar-refractivity contribution in [2.24, 2.45) is 11.7 Å². The van der Waals surface area contributed by atoms with Gasteiger partial charge in [-0.3, -0.25) is 14.4 Å². The molecule has 0 saturated heterocycles. The Labute approximate surface area is 151 Å². The van der Waals surface area contributed by atoms with E-state index >= 15 is 0 Å². The second-order valence-corrected chi connectivity index (χ2v) is 7.06. The van der Waals surface area contributed by atoms with Gasteiger partial charge in [0.15, 0.2) is 0 Å². The summed E-state index contributed by atoms with van der Waals surface area (Å²) in [5.74, 6) is -3.17. The topological polar surface area (TPSA) is 159 Å². The molecule has 0 aromatic carbocycles. The summed E-state index contributed by atoms with van der Waals surface area (Å²) >= 11 is 1.46. The maximum absolute atomic E-state index is 12.4. The molecule has 25 heavy (non-hydrogen) atoms. The lowest BCUT2D eigenvalue weighted by atomic mass is 10.0. The van der Waals surface area contributed by atoms with Crippen LogP contribution >= 0.6 is 11.8 Å². The number of nitrogens with one attached hydrogen (secondary N) is 2. The Hall–Kier alpha value is -1.81. The Morgan fingerprint density at radius 2 is 1.60 bits per heavy atom. The van der Waals surface area contributed by atoms with Crippen LogP contribution in [0.4, 0.5) is 0 Å². The van der Waals surface area contributed by atoms with Gasteiger partial charge in [-0.05, 0) is 30.8 Å². The van der Waals surface area contributed by atoms with Gasteiger partial charge < -0.3 is 26.6 Å². The van der Waals surface area contributed by atoms with Crippen molar-refractivity contribution in [1.82, 2.24) is 10.6 Å². The van der Waals surface area contributed by atoms with Crippen molar-refractivity contribution in [2.75, 3.05) is 12.0 Å². The molecule has 0 rings (SSSR count). The molecule has 0 aliphatic heterocycles. The number of rotatable bonds is 12. The van der Waals surface area contributed by atoms with Gasteiger partial charge in [-0.25, -0.2) is 4.79 Å². The van der Waals surface area contributed by atoms with Gasteiger partial charge in [0.05, 0.1) is 12.5 Å². The van der Waals surface area contributed by atoms with Gasteiger partial charge in [-0.2, -0.15) is 11.8 Å². The van der Waals surface area contributed by atoms with E-state index in [1.807, 2.05) is 20.1 Å². The van der Waals surface area contributed by atoms with E-state index in [4.69, 9.17) is 10.8 Å². The molecule has 2 amide bonds. The van der Waals surface area contributed by atoms with Crippen molar-refractivity contribution in [3.05, 3.63) is 0 Å². The summed E-state index contributed by atoms with van der Waals surface area (Å²) in [5, 5.41) is 22.7. The van der Waals surface area contributed by atoms with Gasteiger partial charge in [0.2, 0.25) is 11.8 Å². The average Bonchev–Trinajstić information content (AvgIpc) is 2.48. The van der Waals surface area contributed by atoms with Crippen LogP contribution in [0.5, 0.6) is 0 Å². The quantitative estimate of drug-likeness (QED) is 0.308. The average molecular weight is 377 g/mol. The van der Waals surface area contributed by atoms with Crippen LogP contribution in [0.25, 0.3) is 0 Å². The van der Waals surface area contributed by atoms with Crippen molar-refractivity contribution >= 4 is 35.5 Å².